The average Bonchev–Trinajstić information content (AvgIpc) is 3.15. The number of hydrogen-bond acceptors (Lipinski definition) is 5. The summed E-state index contributed by atoms with van der Waals surface area (Å²) in [5, 5.41) is 10.6. The second kappa shape index (κ2) is 7.32. The molecule has 0 atom stereocenters. The smallest absolute Gasteiger partial charge is 0.200 e. The highest BCUT2D eigenvalue weighted by Gasteiger charge is 2.12. The van der Waals surface area contributed by atoms with Crippen molar-refractivity contribution in [3.63, 3.8) is 0 Å². The lowest BCUT2D eigenvalue weighted by Crippen LogP contribution is -2.06. The number of rotatable bonds is 6. The second-order valence-corrected chi connectivity index (χ2v) is 7.38. The van der Waals surface area contributed by atoms with Gasteiger partial charge in [0.25, 0.3) is 0 Å². The molecule has 5 nitrogen and oxygen atoms in total. The molecule has 0 spiro atoms. The van der Waals surface area contributed by atoms with Crippen molar-refractivity contribution in [2.75, 3.05) is 6.61 Å². The highest BCUT2D eigenvalue weighted by Crippen LogP contribution is 2.28. The summed E-state index contributed by atoms with van der Waals surface area (Å²) in [5.74, 6) is 2.73. The van der Waals surface area contributed by atoms with Gasteiger partial charge in [-0.25, -0.2) is 9.97 Å². The first-order chi connectivity index (χ1) is 11.5. The first-order valence-corrected chi connectivity index (χ1v) is 9.02. The normalized spacial score (nSPS) is 11.2. The fourth-order valence-corrected chi connectivity index (χ4v) is 3.19. The Morgan fingerprint density at radius 1 is 1.29 bits per heavy atom. The lowest BCUT2D eigenvalue weighted by molar-refractivity contribution is 0.269. The van der Waals surface area contributed by atoms with Crippen LogP contribution in [0.4, 0.5) is 0 Å². The molecule has 2 heterocycles. The van der Waals surface area contributed by atoms with E-state index in [1.54, 1.807) is 11.3 Å². The van der Waals surface area contributed by atoms with E-state index >= 15 is 0 Å². The van der Waals surface area contributed by atoms with Gasteiger partial charge in [-0.2, -0.15) is 5.10 Å². The van der Waals surface area contributed by atoms with Gasteiger partial charge < -0.3 is 4.74 Å². The number of benzene rings is 1. The van der Waals surface area contributed by atoms with Crippen LogP contribution in [-0.4, -0.2) is 26.8 Å². The molecule has 3 aromatic rings. The molecule has 0 bridgehead atoms. The number of nitrogens with one attached hydrogen (secondary N) is 1. The van der Waals surface area contributed by atoms with Gasteiger partial charge in [-0.1, -0.05) is 25.4 Å². The number of ether oxygens (including phenoxy) is 1. The third-order valence-electron chi connectivity index (χ3n) is 3.31. The van der Waals surface area contributed by atoms with Crippen molar-refractivity contribution in [3.05, 3.63) is 45.0 Å². The van der Waals surface area contributed by atoms with Crippen LogP contribution < -0.4 is 4.74 Å². The molecule has 1 N–H and O–H groups in total. The monoisotopic (exact) mass is 362 g/mol. The van der Waals surface area contributed by atoms with E-state index in [1.165, 1.54) is 0 Å². The molecule has 0 radical (unpaired) electrons. The van der Waals surface area contributed by atoms with E-state index in [4.69, 9.17) is 16.3 Å². The van der Waals surface area contributed by atoms with Gasteiger partial charge in [0.05, 0.1) is 11.6 Å². The number of H-pyrrole nitrogens is 1. The summed E-state index contributed by atoms with van der Waals surface area (Å²) in [7, 11) is 0. The van der Waals surface area contributed by atoms with Crippen molar-refractivity contribution in [2.45, 2.75) is 27.2 Å². The highest BCUT2D eigenvalue weighted by molar-refractivity contribution is 7.10. The Kier molecular flexibility index (Phi) is 5.16. The van der Waals surface area contributed by atoms with Crippen LogP contribution in [0, 0.1) is 12.8 Å². The maximum Gasteiger partial charge on any atom is 0.200 e. The van der Waals surface area contributed by atoms with Crippen LogP contribution in [0.2, 0.25) is 5.02 Å². The van der Waals surface area contributed by atoms with Gasteiger partial charge in [0.2, 0.25) is 5.82 Å². The molecule has 7 heteroatoms. The Morgan fingerprint density at radius 2 is 2.12 bits per heavy atom. The second-order valence-electron chi connectivity index (χ2n) is 6.00. The van der Waals surface area contributed by atoms with Crippen LogP contribution in [0.5, 0.6) is 5.75 Å². The van der Waals surface area contributed by atoms with Crippen molar-refractivity contribution in [3.8, 4) is 17.3 Å². The van der Waals surface area contributed by atoms with Crippen molar-refractivity contribution in [1.29, 1.82) is 0 Å². The molecule has 3 rings (SSSR count). The van der Waals surface area contributed by atoms with E-state index in [0.717, 1.165) is 27.8 Å². The van der Waals surface area contributed by atoms with Gasteiger partial charge in [-0.3, -0.25) is 5.10 Å². The molecule has 24 heavy (non-hydrogen) atoms. The van der Waals surface area contributed by atoms with Crippen LogP contribution in [-0.2, 0) is 6.42 Å². The van der Waals surface area contributed by atoms with Crippen molar-refractivity contribution >= 4 is 22.9 Å². The average molecular weight is 363 g/mol. The molecule has 0 amide bonds. The number of aromatic nitrogens is 4. The maximum atomic E-state index is 6.15. The molecule has 1 aromatic carbocycles. The summed E-state index contributed by atoms with van der Waals surface area (Å²) in [5.41, 5.74) is 1.82. The van der Waals surface area contributed by atoms with Crippen LogP contribution in [0.1, 0.15) is 30.2 Å². The largest absolute Gasteiger partial charge is 0.493 e. The van der Waals surface area contributed by atoms with Gasteiger partial charge in [-0.15, -0.1) is 11.3 Å². The Morgan fingerprint density at radius 3 is 2.83 bits per heavy atom. The maximum absolute atomic E-state index is 6.15. The molecule has 0 fully saturated rings. The first-order valence-electron chi connectivity index (χ1n) is 7.76. The van der Waals surface area contributed by atoms with E-state index in [2.05, 4.69) is 34.0 Å². The topological polar surface area (TPSA) is 63.7 Å². The molecule has 0 aliphatic rings. The van der Waals surface area contributed by atoms with Crippen LogP contribution in [0.3, 0.4) is 0 Å². The van der Waals surface area contributed by atoms with Crippen LogP contribution in [0.15, 0.2) is 23.6 Å². The number of hydrogen-bond donors (Lipinski definition) is 1. The quantitative estimate of drug-likeness (QED) is 0.700. The predicted octanol–water partition coefficient (Wildman–Crippen LogP) is 4.52. The number of thiazole rings is 1. The SMILES string of the molecule is Cc1nc(-c2csc(Cc3cc(Cl)ccc3OCC(C)C)n2)n[nH]1. The summed E-state index contributed by atoms with van der Waals surface area (Å²) >= 11 is 7.74. The fraction of sp³-hybridized carbons (Fsp3) is 0.353. The Labute approximate surface area is 150 Å². The van der Waals surface area contributed by atoms with E-state index in [-0.39, 0.29) is 0 Å². The molecular weight excluding hydrogens is 344 g/mol. The van der Waals surface area contributed by atoms with Gasteiger partial charge >= 0.3 is 0 Å². The molecular formula is C17H19ClN4OS. The Balaban J connectivity index is 1.80. The van der Waals surface area contributed by atoms with Gasteiger partial charge in [0.1, 0.15) is 17.3 Å². The Bertz CT molecular complexity index is 828. The minimum absolute atomic E-state index is 0.467. The fourth-order valence-electron chi connectivity index (χ4n) is 2.20. The summed E-state index contributed by atoms with van der Waals surface area (Å²) in [6.45, 7) is 6.80. The molecule has 0 saturated carbocycles. The molecule has 0 aliphatic heterocycles. The lowest BCUT2D eigenvalue weighted by Gasteiger charge is -2.13. The summed E-state index contributed by atoms with van der Waals surface area (Å²) in [6, 6.07) is 5.72. The van der Waals surface area contributed by atoms with Crippen LogP contribution in [0.25, 0.3) is 11.5 Å². The van der Waals surface area contributed by atoms with Crippen LogP contribution >= 0.6 is 22.9 Å². The molecule has 0 aliphatic carbocycles. The predicted molar refractivity (Wildman–Crippen MR) is 96.8 cm³/mol. The van der Waals surface area contributed by atoms with Crippen molar-refractivity contribution < 1.29 is 4.74 Å². The van der Waals surface area contributed by atoms with Gasteiger partial charge in [-0.05, 0) is 31.0 Å². The highest BCUT2D eigenvalue weighted by atomic mass is 35.5. The minimum atomic E-state index is 0.467. The Hall–Kier alpha value is -1.92. The van der Waals surface area contributed by atoms with Gasteiger partial charge in [0.15, 0.2) is 0 Å². The molecule has 0 saturated heterocycles. The summed E-state index contributed by atoms with van der Waals surface area (Å²) in [6.07, 6.45) is 0.669. The molecule has 126 valence electrons. The van der Waals surface area contributed by atoms with Gasteiger partial charge in [0, 0.05) is 22.4 Å². The zero-order valence-electron chi connectivity index (χ0n) is 13.8. The number of nitrogens with zero attached hydrogens (tertiary/aromatic N) is 3. The number of halogens is 1. The van der Waals surface area contributed by atoms with E-state index in [1.807, 2.05) is 30.5 Å². The number of aromatic amines is 1. The van der Waals surface area contributed by atoms with Crippen molar-refractivity contribution in [1.82, 2.24) is 20.2 Å². The van der Waals surface area contributed by atoms with E-state index in [0.29, 0.717) is 29.8 Å². The van der Waals surface area contributed by atoms with E-state index < -0.39 is 0 Å². The first kappa shape index (κ1) is 16.9. The lowest BCUT2D eigenvalue weighted by atomic mass is 10.1. The zero-order valence-corrected chi connectivity index (χ0v) is 15.4. The third kappa shape index (κ3) is 4.13. The van der Waals surface area contributed by atoms with Crippen molar-refractivity contribution in [2.24, 2.45) is 5.92 Å². The standard InChI is InChI=1S/C17H19ClN4OS/c1-10(2)8-23-15-5-4-13(18)6-12(15)7-16-20-14(9-24-16)17-19-11(3)21-22-17/h4-6,9-10H,7-8H2,1-3H3,(H,19,21,22). The summed E-state index contributed by atoms with van der Waals surface area (Å²) < 4.78 is 5.91. The minimum Gasteiger partial charge on any atom is -0.493 e. The van der Waals surface area contributed by atoms with E-state index in [9.17, 15) is 0 Å². The number of aryl methyl sites for hydroxylation is 1. The third-order valence-corrected chi connectivity index (χ3v) is 4.40. The molecule has 0 unspecified atom stereocenters. The summed E-state index contributed by atoms with van der Waals surface area (Å²) in [4.78, 5) is 8.94. The zero-order chi connectivity index (χ0) is 17.1. The molecule has 2 aromatic heterocycles.